The number of esters is 1. The fourth-order valence-electron chi connectivity index (χ4n) is 2.65. The van der Waals surface area contributed by atoms with Gasteiger partial charge in [0.2, 0.25) is 0 Å². The van der Waals surface area contributed by atoms with E-state index in [0.29, 0.717) is 6.61 Å². The molecule has 0 radical (unpaired) electrons. The van der Waals surface area contributed by atoms with Gasteiger partial charge in [-0.3, -0.25) is 9.69 Å². The first-order valence-corrected chi connectivity index (χ1v) is 7.22. The number of aryl methyl sites for hydroxylation is 1. The first kappa shape index (κ1) is 14.9. The number of benzene rings is 1. The van der Waals surface area contributed by atoms with Crippen LogP contribution >= 0.6 is 0 Å². The molecule has 0 amide bonds. The summed E-state index contributed by atoms with van der Waals surface area (Å²) >= 11 is 0. The van der Waals surface area contributed by atoms with E-state index in [1.165, 1.54) is 12.7 Å². The summed E-state index contributed by atoms with van der Waals surface area (Å²) < 4.78 is 10.6. The van der Waals surface area contributed by atoms with E-state index in [9.17, 15) is 4.79 Å². The molecule has 1 aromatic rings. The molecular weight excluding hydrogens is 254 g/mol. The minimum absolute atomic E-state index is 0.102. The maximum atomic E-state index is 11.8. The van der Waals surface area contributed by atoms with Crippen LogP contribution in [0.25, 0.3) is 0 Å². The summed E-state index contributed by atoms with van der Waals surface area (Å²) in [7, 11) is 1.46. The van der Waals surface area contributed by atoms with Crippen molar-refractivity contribution in [1.82, 2.24) is 4.90 Å². The molecule has 0 N–H and O–H groups in total. The van der Waals surface area contributed by atoms with E-state index in [2.05, 4.69) is 4.90 Å². The number of hydrogen-bond donors (Lipinski definition) is 0. The lowest BCUT2D eigenvalue weighted by molar-refractivity contribution is -0.148. The van der Waals surface area contributed by atoms with Crippen molar-refractivity contribution in [2.24, 2.45) is 0 Å². The van der Waals surface area contributed by atoms with Gasteiger partial charge in [0.05, 0.1) is 7.11 Å². The highest BCUT2D eigenvalue weighted by atomic mass is 16.5. The molecule has 110 valence electrons. The van der Waals surface area contributed by atoms with Crippen LogP contribution in [-0.2, 0) is 9.53 Å². The molecule has 1 aliphatic heterocycles. The number of rotatable bonds is 5. The Bertz CT molecular complexity index is 447. The third-order valence-corrected chi connectivity index (χ3v) is 3.72. The Labute approximate surface area is 120 Å². The van der Waals surface area contributed by atoms with Crippen molar-refractivity contribution in [3.63, 3.8) is 0 Å². The van der Waals surface area contributed by atoms with Crippen molar-refractivity contribution < 1.29 is 14.3 Å². The molecule has 0 aromatic heterocycles. The fourth-order valence-corrected chi connectivity index (χ4v) is 2.65. The normalized spacial score (nSPS) is 19.6. The Kier molecular flexibility index (Phi) is 5.41. The van der Waals surface area contributed by atoms with E-state index >= 15 is 0 Å². The monoisotopic (exact) mass is 277 g/mol. The molecule has 4 nitrogen and oxygen atoms in total. The van der Waals surface area contributed by atoms with Gasteiger partial charge in [-0.05, 0) is 44.0 Å². The molecule has 1 aliphatic rings. The predicted octanol–water partition coefficient (Wildman–Crippen LogP) is 2.40. The number of nitrogens with zero attached hydrogens (tertiary/aromatic N) is 1. The molecule has 2 rings (SSSR count). The van der Waals surface area contributed by atoms with E-state index in [1.807, 2.05) is 31.2 Å². The van der Waals surface area contributed by atoms with Gasteiger partial charge < -0.3 is 9.47 Å². The van der Waals surface area contributed by atoms with Crippen LogP contribution in [-0.4, -0.2) is 43.7 Å². The molecule has 1 atom stereocenters. The first-order chi connectivity index (χ1) is 9.70. The lowest BCUT2D eigenvalue weighted by Gasteiger charge is -2.33. The molecule has 4 heteroatoms. The highest BCUT2D eigenvalue weighted by molar-refractivity contribution is 5.75. The van der Waals surface area contributed by atoms with Crippen LogP contribution in [0.1, 0.15) is 24.8 Å². The van der Waals surface area contributed by atoms with Gasteiger partial charge in [-0.1, -0.05) is 18.6 Å². The zero-order valence-corrected chi connectivity index (χ0v) is 12.3. The van der Waals surface area contributed by atoms with Gasteiger partial charge in [-0.15, -0.1) is 0 Å². The predicted molar refractivity (Wildman–Crippen MR) is 77.9 cm³/mol. The highest BCUT2D eigenvalue weighted by Gasteiger charge is 2.28. The number of likely N-dealkylation sites (tertiary alicyclic amines) is 1. The van der Waals surface area contributed by atoms with E-state index < -0.39 is 0 Å². The topological polar surface area (TPSA) is 38.8 Å². The van der Waals surface area contributed by atoms with Crippen LogP contribution in [0, 0.1) is 6.92 Å². The molecule has 1 saturated heterocycles. The Morgan fingerprint density at radius 2 is 2.25 bits per heavy atom. The summed E-state index contributed by atoms with van der Waals surface area (Å²) in [6.07, 6.45) is 3.12. The van der Waals surface area contributed by atoms with Crippen molar-refractivity contribution >= 4 is 5.97 Å². The van der Waals surface area contributed by atoms with Gasteiger partial charge in [0, 0.05) is 6.54 Å². The van der Waals surface area contributed by atoms with E-state index in [4.69, 9.17) is 9.47 Å². The fraction of sp³-hybridized carbons (Fsp3) is 0.562. The molecule has 0 spiro atoms. The zero-order chi connectivity index (χ0) is 14.4. The standard InChI is InChI=1S/C16H23NO3/c1-13-6-5-7-14(12-13)20-11-10-17-9-4-3-8-15(17)16(18)19-2/h5-7,12,15H,3-4,8-11H2,1-2H3. The van der Waals surface area contributed by atoms with Crippen molar-refractivity contribution in [1.29, 1.82) is 0 Å². The molecule has 1 heterocycles. The second kappa shape index (κ2) is 7.29. The van der Waals surface area contributed by atoms with Gasteiger partial charge in [0.15, 0.2) is 0 Å². The van der Waals surface area contributed by atoms with Crippen LogP contribution in [0.5, 0.6) is 5.75 Å². The summed E-state index contributed by atoms with van der Waals surface area (Å²) in [6.45, 7) is 4.34. The van der Waals surface area contributed by atoms with Crippen molar-refractivity contribution in [2.75, 3.05) is 26.8 Å². The Morgan fingerprint density at radius 3 is 3.00 bits per heavy atom. The molecular formula is C16H23NO3. The van der Waals surface area contributed by atoms with Crippen molar-refractivity contribution in [3.05, 3.63) is 29.8 Å². The lowest BCUT2D eigenvalue weighted by atomic mass is 10.0. The maximum absolute atomic E-state index is 11.8. The van der Waals surface area contributed by atoms with Crippen LogP contribution in [0.4, 0.5) is 0 Å². The van der Waals surface area contributed by atoms with Crippen LogP contribution in [0.2, 0.25) is 0 Å². The van der Waals surface area contributed by atoms with Crippen LogP contribution in [0.15, 0.2) is 24.3 Å². The Morgan fingerprint density at radius 1 is 1.40 bits per heavy atom. The summed E-state index contributed by atoms with van der Waals surface area (Å²) in [5.41, 5.74) is 1.19. The summed E-state index contributed by atoms with van der Waals surface area (Å²) in [6, 6.07) is 7.91. The molecule has 0 saturated carbocycles. The SMILES string of the molecule is COC(=O)C1CCCCN1CCOc1cccc(C)c1. The quantitative estimate of drug-likeness (QED) is 0.775. The summed E-state index contributed by atoms with van der Waals surface area (Å²) in [5.74, 6) is 0.761. The molecule has 1 fully saturated rings. The van der Waals surface area contributed by atoms with E-state index in [0.717, 1.165) is 38.1 Å². The number of piperidine rings is 1. The van der Waals surface area contributed by atoms with Gasteiger partial charge in [-0.2, -0.15) is 0 Å². The minimum atomic E-state index is -0.125. The third-order valence-electron chi connectivity index (χ3n) is 3.72. The van der Waals surface area contributed by atoms with Gasteiger partial charge in [0.25, 0.3) is 0 Å². The number of carbonyl (C=O) groups excluding carboxylic acids is 1. The first-order valence-electron chi connectivity index (χ1n) is 7.22. The van der Waals surface area contributed by atoms with Gasteiger partial charge in [0.1, 0.15) is 18.4 Å². The number of ether oxygens (including phenoxy) is 2. The van der Waals surface area contributed by atoms with Crippen LogP contribution in [0.3, 0.4) is 0 Å². The zero-order valence-electron chi connectivity index (χ0n) is 12.3. The number of carbonyl (C=O) groups is 1. The smallest absolute Gasteiger partial charge is 0.323 e. The van der Waals surface area contributed by atoms with E-state index in [-0.39, 0.29) is 12.0 Å². The minimum Gasteiger partial charge on any atom is -0.492 e. The second-order valence-electron chi connectivity index (χ2n) is 5.24. The summed E-state index contributed by atoms with van der Waals surface area (Å²) in [4.78, 5) is 13.9. The largest absolute Gasteiger partial charge is 0.492 e. The van der Waals surface area contributed by atoms with E-state index in [1.54, 1.807) is 0 Å². The third kappa shape index (κ3) is 3.97. The molecule has 1 unspecified atom stereocenters. The lowest BCUT2D eigenvalue weighted by Crippen LogP contribution is -2.46. The maximum Gasteiger partial charge on any atom is 0.323 e. The molecule has 0 bridgehead atoms. The average Bonchev–Trinajstić information content (AvgIpc) is 2.47. The van der Waals surface area contributed by atoms with Gasteiger partial charge in [-0.25, -0.2) is 0 Å². The average molecular weight is 277 g/mol. The molecule has 1 aromatic carbocycles. The summed E-state index contributed by atoms with van der Waals surface area (Å²) in [5, 5.41) is 0. The van der Waals surface area contributed by atoms with Crippen LogP contribution < -0.4 is 4.74 Å². The highest BCUT2D eigenvalue weighted by Crippen LogP contribution is 2.18. The Hall–Kier alpha value is -1.55. The second-order valence-corrected chi connectivity index (χ2v) is 5.24. The number of hydrogen-bond acceptors (Lipinski definition) is 4. The van der Waals surface area contributed by atoms with Crippen molar-refractivity contribution in [3.8, 4) is 5.75 Å². The van der Waals surface area contributed by atoms with Gasteiger partial charge >= 0.3 is 5.97 Å². The molecule has 20 heavy (non-hydrogen) atoms. The van der Waals surface area contributed by atoms with Crippen molar-refractivity contribution in [2.45, 2.75) is 32.2 Å². The Balaban J connectivity index is 1.84. The molecule has 0 aliphatic carbocycles. The number of methoxy groups -OCH3 is 1.